The lowest BCUT2D eigenvalue weighted by atomic mass is 10.1. The summed E-state index contributed by atoms with van der Waals surface area (Å²) in [5, 5.41) is 0. The number of allylic oxidation sites excluding steroid dienone is 12. The molecule has 0 radical (unpaired) electrons. The van der Waals surface area contributed by atoms with Crippen molar-refractivity contribution in [2.45, 2.75) is 168 Å². The smallest absolute Gasteiger partial charge is 0.457 e. The molecule has 56 heavy (non-hydrogen) atoms. The molecule has 8 nitrogen and oxygen atoms in total. The van der Waals surface area contributed by atoms with Crippen LogP contribution in [0.15, 0.2) is 72.9 Å². The summed E-state index contributed by atoms with van der Waals surface area (Å²) in [6, 6.07) is 0. The summed E-state index contributed by atoms with van der Waals surface area (Å²) in [7, 11) is 1.64. The average Bonchev–Trinajstić information content (AvgIpc) is 3.15. The summed E-state index contributed by atoms with van der Waals surface area (Å²) in [5.74, 6) is -0.335. The minimum absolute atomic E-state index is 0.0796. The van der Waals surface area contributed by atoms with Crippen LogP contribution in [-0.2, 0) is 27.9 Å². The molecule has 0 spiro atoms. The first-order valence-electron chi connectivity index (χ1n) is 22.2. The molecule has 0 aromatic heterocycles. The highest BCUT2D eigenvalue weighted by atomic mass is 31.2. The number of ether oxygens (including phenoxy) is 2. The Morgan fingerprint density at radius 1 is 0.571 bits per heavy atom. The van der Waals surface area contributed by atoms with Crippen molar-refractivity contribution in [3.63, 3.8) is 0 Å². The van der Waals surface area contributed by atoms with Crippen LogP contribution in [0.4, 0.5) is 0 Å². The summed E-state index contributed by atoms with van der Waals surface area (Å²) in [4.78, 5) is 22.9. The minimum atomic E-state index is -4.29. The maximum Gasteiger partial charge on any atom is 0.472 e. The van der Waals surface area contributed by atoms with Gasteiger partial charge in [-0.3, -0.25) is 13.8 Å². The van der Waals surface area contributed by atoms with Gasteiger partial charge < -0.3 is 18.9 Å². The first-order valence-corrected chi connectivity index (χ1v) is 23.7. The predicted octanol–water partition coefficient (Wildman–Crippen LogP) is 13.1. The molecule has 9 heteroatoms. The van der Waals surface area contributed by atoms with E-state index in [1.54, 1.807) is 0 Å². The first kappa shape index (κ1) is 53.9. The molecule has 324 valence electrons. The summed E-state index contributed by atoms with van der Waals surface area (Å²) in [6.45, 7) is 5.40. The molecule has 0 rings (SSSR count). The van der Waals surface area contributed by atoms with Crippen molar-refractivity contribution in [2.75, 3.05) is 54.1 Å². The molecule has 0 amide bonds. The number of quaternary nitrogens is 1. The molecule has 0 aliphatic heterocycles. The van der Waals surface area contributed by atoms with Gasteiger partial charge >= 0.3 is 13.8 Å². The Balaban J connectivity index is 4.27. The maximum absolute atomic E-state index is 12.7. The first-order chi connectivity index (χ1) is 27.1. The SMILES string of the molecule is CC/C=C\C/C=C\C/C=C\C/C=C\CCCCCCCCCOCC(COP(=O)(O)OCC[N+](C)(C)C)OC(=O)CCCCCCC/C=C\C/C=C\CCCC. The fourth-order valence-electron chi connectivity index (χ4n) is 5.56. The Bertz CT molecular complexity index is 1120. The molecular weight excluding hydrogens is 721 g/mol. The number of phosphoric acid groups is 1. The molecule has 0 bridgehead atoms. The number of esters is 1. The zero-order valence-electron chi connectivity index (χ0n) is 36.6. The lowest BCUT2D eigenvalue weighted by Crippen LogP contribution is -2.37. The summed E-state index contributed by atoms with van der Waals surface area (Å²) >= 11 is 0. The van der Waals surface area contributed by atoms with E-state index in [0.29, 0.717) is 24.1 Å². The molecule has 0 saturated carbocycles. The molecule has 1 N–H and O–H groups in total. The molecule has 0 saturated heterocycles. The van der Waals surface area contributed by atoms with E-state index in [9.17, 15) is 14.3 Å². The van der Waals surface area contributed by atoms with E-state index in [1.807, 2.05) is 21.1 Å². The fourth-order valence-corrected chi connectivity index (χ4v) is 6.30. The van der Waals surface area contributed by atoms with Crippen LogP contribution in [0.25, 0.3) is 0 Å². The van der Waals surface area contributed by atoms with Gasteiger partial charge in [0.25, 0.3) is 0 Å². The van der Waals surface area contributed by atoms with Gasteiger partial charge in [-0.05, 0) is 77.0 Å². The largest absolute Gasteiger partial charge is 0.472 e. The molecule has 0 aromatic carbocycles. The summed E-state index contributed by atoms with van der Waals surface area (Å²) in [5.41, 5.74) is 0. The van der Waals surface area contributed by atoms with Gasteiger partial charge in [-0.1, -0.05) is 151 Å². The molecule has 0 aliphatic rings. The van der Waals surface area contributed by atoms with Crippen molar-refractivity contribution in [2.24, 2.45) is 0 Å². The van der Waals surface area contributed by atoms with Crippen molar-refractivity contribution >= 4 is 13.8 Å². The van der Waals surface area contributed by atoms with Gasteiger partial charge in [-0.25, -0.2) is 4.57 Å². The highest BCUT2D eigenvalue weighted by molar-refractivity contribution is 7.47. The standard InChI is InChI=1S/C47H84NO7P/c1-6-8-10-12-14-16-18-20-22-23-24-25-26-27-29-31-33-35-37-39-42-52-44-46(45-54-56(50,51)53-43-41-48(3,4)5)55-47(49)40-38-36-34-32-30-28-21-19-17-15-13-11-9-7-2/h8,10,13-16,19-22,24-25,46H,6-7,9,11-12,17-18,23,26-45H2,1-5H3/p+1/b10-8-,15-13-,16-14-,21-19-,22-20-,25-24-. The Morgan fingerprint density at radius 3 is 1.55 bits per heavy atom. The normalized spacial score (nSPS) is 14.5. The zero-order chi connectivity index (χ0) is 41.3. The summed E-state index contributed by atoms with van der Waals surface area (Å²) in [6.07, 6.45) is 50.7. The van der Waals surface area contributed by atoms with E-state index >= 15 is 0 Å². The number of nitrogens with zero attached hydrogens (tertiary/aromatic N) is 1. The fraction of sp³-hybridized carbons (Fsp3) is 0.723. The second-order valence-corrected chi connectivity index (χ2v) is 17.1. The molecule has 2 unspecified atom stereocenters. The predicted molar refractivity (Wildman–Crippen MR) is 238 cm³/mol. The molecule has 0 fully saturated rings. The van der Waals surface area contributed by atoms with Crippen molar-refractivity contribution in [3.8, 4) is 0 Å². The number of carbonyl (C=O) groups is 1. The Labute approximate surface area is 344 Å². The second-order valence-electron chi connectivity index (χ2n) is 15.7. The number of carbonyl (C=O) groups excluding carboxylic acids is 1. The van der Waals surface area contributed by atoms with E-state index < -0.39 is 13.9 Å². The molecule has 0 heterocycles. The lowest BCUT2D eigenvalue weighted by Gasteiger charge is -2.24. The number of hydrogen-bond acceptors (Lipinski definition) is 6. The third-order valence-corrected chi connectivity index (χ3v) is 9.99. The van der Waals surface area contributed by atoms with E-state index in [4.69, 9.17) is 18.5 Å². The van der Waals surface area contributed by atoms with Gasteiger partial charge in [0.1, 0.15) is 19.3 Å². The Kier molecular flexibility index (Phi) is 38.3. The van der Waals surface area contributed by atoms with Crippen LogP contribution in [0.1, 0.15) is 162 Å². The van der Waals surface area contributed by atoms with E-state index in [-0.39, 0.29) is 25.8 Å². The lowest BCUT2D eigenvalue weighted by molar-refractivity contribution is -0.870. The van der Waals surface area contributed by atoms with Crippen LogP contribution in [0.5, 0.6) is 0 Å². The summed E-state index contributed by atoms with van der Waals surface area (Å²) < 4.78 is 35.0. The van der Waals surface area contributed by atoms with E-state index in [0.717, 1.165) is 89.9 Å². The van der Waals surface area contributed by atoms with Crippen LogP contribution < -0.4 is 0 Å². The highest BCUT2D eigenvalue weighted by Crippen LogP contribution is 2.43. The Morgan fingerprint density at radius 2 is 1.04 bits per heavy atom. The average molecular weight is 807 g/mol. The van der Waals surface area contributed by atoms with Gasteiger partial charge in [0.05, 0.1) is 34.4 Å². The molecular formula is C47H85NO7P+. The monoisotopic (exact) mass is 807 g/mol. The van der Waals surface area contributed by atoms with Crippen LogP contribution >= 0.6 is 7.82 Å². The van der Waals surface area contributed by atoms with E-state index in [2.05, 4.69) is 86.8 Å². The van der Waals surface area contributed by atoms with Gasteiger partial charge in [-0.15, -0.1) is 0 Å². The highest BCUT2D eigenvalue weighted by Gasteiger charge is 2.26. The van der Waals surface area contributed by atoms with Crippen molar-refractivity contribution < 1.29 is 37.3 Å². The van der Waals surface area contributed by atoms with Crippen LogP contribution in [0, 0.1) is 0 Å². The van der Waals surface area contributed by atoms with Crippen LogP contribution in [0.3, 0.4) is 0 Å². The third kappa shape index (κ3) is 43.1. The number of likely N-dealkylation sites (N-methyl/N-ethyl adjacent to an activating group) is 1. The zero-order valence-corrected chi connectivity index (χ0v) is 37.5. The maximum atomic E-state index is 12.7. The molecule has 0 aromatic rings. The van der Waals surface area contributed by atoms with Gasteiger partial charge in [0.15, 0.2) is 0 Å². The minimum Gasteiger partial charge on any atom is -0.457 e. The number of phosphoric ester groups is 1. The van der Waals surface area contributed by atoms with Crippen LogP contribution in [0.2, 0.25) is 0 Å². The quantitative estimate of drug-likeness (QED) is 0.0217. The van der Waals surface area contributed by atoms with E-state index in [1.165, 1.54) is 51.4 Å². The number of hydrogen-bond donors (Lipinski definition) is 1. The van der Waals surface area contributed by atoms with Crippen molar-refractivity contribution in [3.05, 3.63) is 72.9 Å². The number of unbranched alkanes of at least 4 members (excludes halogenated alkanes) is 14. The molecule has 0 aliphatic carbocycles. The van der Waals surface area contributed by atoms with Crippen LogP contribution in [-0.4, -0.2) is 75.6 Å². The van der Waals surface area contributed by atoms with Crippen molar-refractivity contribution in [1.29, 1.82) is 0 Å². The molecule has 2 atom stereocenters. The second kappa shape index (κ2) is 39.8. The van der Waals surface area contributed by atoms with Gasteiger partial charge in [0.2, 0.25) is 0 Å². The Hall–Kier alpha value is -2.06. The van der Waals surface area contributed by atoms with Gasteiger partial charge in [-0.2, -0.15) is 0 Å². The number of rotatable bonds is 40. The topological polar surface area (TPSA) is 91.3 Å². The van der Waals surface area contributed by atoms with Crippen molar-refractivity contribution in [1.82, 2.24) is 0 Å². The third-order valence-electron chi connectivity index (χ3n) is 9.00. The van der Waals surface area contributed by atoms with Gasteiger partial charge in [0, 0.05) is 13.0 Å².